The Hall–Kier alpha value is -1.45. The number of benzene rings is 1. The first-order valence-corrected chi connectivity index (χ1v) is 12.4. The number of rotatable bonds is 4. The lowest BCUT2D eigenvalue weighted by Gasteiger charge is -2.35. The summed E-state index contributed by atoms with van der Waals surface area (Å²) >= 11 is 9.13. The minimum atomic E-state index is -3.50. The van der Waals surface area contributed by atoms with Crippen LogP contribution in [-0.4, -0.2) is 43.9 Å². The lowest BCUT2D eigenvalue weighted by Crippen LogP contribution is -2.48. The molecule has 0 amide bonds. The van der Waals surface area contributed by atoms with E-state index in [1.165, 1.54) is 11.3 Å². The molecule has 5 nitrogen and oxygen atoms in total. The number of hydrogen-bond donors (Lipinski definition) is 0. The van der Waals surface area contributed by atoms with Crippen LogP contribution in [0.15, 0.2) is 39.9 Å². The van der Waals surface area contributed by atoms with Crippen LogP contribution in [0.5, 0.6) is 0 Å². The normalized spacial score (nSPS) is 15.9. The quantitative estimate of drug-likeness (QED) is 0.576. The number of hydrogen-bond acceptors (Lipinski definition) is 6. The number of anilines is 1. The van der Waals surface area contributed by atoms with Crippen molar-refractivity contribution in [1.29, 1.82) is 0 Å². The molecule has 2 aromatic heterocycles. The highest BCUT2D eigenvalue weighted by atomic mass is 35.5. The van der Waals surface area contributed by atoms with Crippen LogP contribution in [0.3, 0.4) is 0 Å². The van der Waals surface area contributed by atoms with Crippen LogP contribution in [0.2, 0.25) is 5.02 Å². The Bertz CT molecular complexity index is 1080. The van der Waals surface area contributed by atoms with Crippen LogP contribution in [0.25, 0.3) is 10.6 Å². The van der Waals surface area contributed by atoms with Gasteiger partial charge in [-0.2, -0.15) is 4.31 Å². The summed E-state index contributed by atoms with van der Waals surface area (Å²) in [7, 11) is -3.50. The van der Waals surface area contributed by atoms with E-state index < -0.39 is 10.0 Å². The van der Waals surface area contributed by atoms with E-state index in [2.05, 4.69) is 9.88 Å². The van der Waals surface area contributed by atoms with Crippen LogP contribution in [0.1, 0.15) is 10.6 Å². The van der Waals surface area contributed by atoms with Gasteiger partial charge in [-0.05, 0) is 32.0 Å². The molecular weight excluding hydrogens is 434 g/mol. The van der Waals surface area contributed by atoms with Crippen molar-refractivity contribution in [2.45, 2.75) is 18.1 Å². The van der Waals surface area contributed by atoms with Gasteiger partial charge in [0.1, 0.15) is 9.22 Å². The van der Waals surface area contributed by atoms with E-state index in [0.29, 0.717) is 35.4 Å². The lowest BCUT2D eigenvalue weighted by molar-refractivity contribution is 0.386. The van der Waals surface area contributed by atoms with E-state index in [9.17, 15) is 8.42 Å². The predicted molar refractivity (Wildman–Crippen MR) is 117 cm³/mol. The summed E-state index contributed by atoms with van der Waals surface area (Å²) in [4.78, 5) is 7.83. The van der Waals surface area contributed by atoms with E-state index in [1.54, 1.807) is 21.7 Å². The Morgan fingerprint density at radius 1 is 1.11 bits per heavy atom. The number of thiophene rings is 1. The molecule has 0 unspecified atom stereocenters. The molecule has 1 fully saturated rings. The largest absolute Gasteiger partial charge is 0.368 e. The number of para-hydroxylation sites is 1. The van der Waals surface area contributed by atoms with Gasteiger partial charge in [0, 0.05) is 42.0 Å². The molecule has 1 saturated heterocycles. The maximum absolute atomic E-state index is 13.1. The molecule has 0 spiro atoms. The fourth-order valence-electron chi connectivity index (χ4n) is 3.16. The molecule has 0 aliphatic carbocycles. The average Bonchev–Trinajstić information content (AvgIpc) is 3.30. The van der Waals surface area contributed by atoms with Crippen LogP contribution in [0.4, 0.5) is 5.69 Å². The molecule has 1 aliphatic heterocycles. The van der Waals surface area contributed by atoms with Gasteiger partial charge in [-0.1, -0.05) is 23.7 Å². The fraction of sp³-hybridized carbons (Fsp3) is 0.316. The van der Waals surface area contributed by atoms with Crippen molar-refractivity contribution in [3.8, 4) is 10.6 Å². The summed E-state index contributed by atoms with van der Waals surface area (Å²) in [5.74, 6) is 0. The number of nitrogens with zero attached hydrogens (tertiary/aromatic N) is 3. The third kappa shape index (κ3) is 3.71. The van der Waals surface area contributed by atoms with Gasteiger partial charge < -0.3 is 4.90 Å². The summed E-state index contributed by atoms with van der Waals surface area (Å²) in [6.45, 7) is 6.11. The highest BCUT2D eigenvalue weighted by Gasteiger charge is 2.30. The fourth-order valence-corrected chi connectivity index (χ4v) is 7.14. The van der Waals surface area contributed by atoms with E-state index in [4.69, 9.17) is 11.6 Å². The molecule has 4 rings (SSSR count). The minimum absolute atomic E-state index is 0.374. The first-order chi connectivity index (χ1) is 13.4. The topological polar surface area (TPSA) is 53.5 Å². The Labute approximate surface area is 178 Å². The Balaban J connectivity index is 1.50. The van der Waals surface area contributed by atoms with Gasteiger partial charge in [-0.25, -0.2) is 13.4 Å². The van der Waals surface area contributed by atoms with Crippen molar-refractivity contribution in [3.63, 3.8) is 0 Å². The zero-order chi connectivity index (χ0) is 19.9. The summed E-state index contributed by atoms with van der Waals surface area (Å²) in [5, 5.41) is 3.44. The summed E-state index contributed by atoms with van der Waals surface area (Å²) in [6, 6.07) is 9.41. The number of aromatic nitrogens is 1. The molecular formula is C19H20ClN3O2S3. The van der Waals surface area contributed by atoms with Crippen LogP contribution >= 0.6 is 34.3 Å². The second kappa shape index (κ2) is 7.76. The van der Waals surface area contributed by atoms with E-state index in [-0.39, 0.29) is 0 Å². The van der Waals surface area contributed by atoms with Gasteiger partial charge in [0.15, 0.2) is 0 Å². The highest BCUT2D eigenvalue weighted by molar-refractivity contribution is 7.91. The van der Waals surface area contributed by atoms with E-state index >= 15 is 0 Å². The molecule has 0 N–H and O–H groups in total. The molecule has 9 heteroatoms. The smallest absolute Gasteiger partial charge is 0.252 e. The van der Waals surface area contributed by atoms with Crippen molar-refractivity contribution in [2.75, 3.05) is 31.1 Å². The first kappa shape index (κ1) is 19.8. The number of thiazole rings is 1. The number of piperazine rings is 1. The maximum Gasteiger partial charge on any atom is 0.252 e. The predicted octanol–water partition coefficient (Wildman–Crippen LogP) is 4.65. The molecule has 1 aliphatic rings. The number of sulfonamides is 1. The van der Waals surface area contributed by atoms with E-state index in [0.717, 1.165) is 26.8 Å². The standard InChI is InChI=1S/C19H20ClN3O2S3/c1-13-14(2)27-19(21-13)15-11-18(26-12-15)28(24,25)23-9-7-22(8-10-23)17-6-4-3-5-16(17)20/h3-6,11-12H,7-10H2,1-2H3. The first-order valence-electron chi connectivity index (χ1n) is 8.89. The summed E-state index contributed by atoms with van der Waals surface area (Å²) in [6.07, 6.45) is 0. The lowest BCUT2D eigenvalue weighted by atomic mass is 10.2. The molecule has 28 heavy (non-hydrogen) atoms. The average molecular weight is 454 g/mol. The van der Waals surface area contributed by atoms with Gasteiger partial charge in [0.05, 0.1) is 16.4 Å². The third-order valence-electron chi connectivity index (χ3n) is 4.88. The molecule has 0 bridgehead atoms. The van der Waals surface area contributed by atoms with Gasteiger partial charge >= 0.3 is 0 Å². The van der Waals surface area contributed by atoms with Crippen molar-refractivity contribution in [1.82, 2.24) is 9.29 Å². The van der Waals surface area contributed by atoms with Crippen LogP contribution < -0.4 is 4.90 Å². The second-order valence-corrected chi connectivity index (χ2v) is 11.3. The van der Waals surface area contributed by atoms with Gasteiger partial charge in [-0.3, -0.25) is 0 Å². The maximum atomic E-state index is 13.1. The molecule has 0 saturated carbocycles. The number of halogens is 1. The zero-order valence-corrected chi connectivity index (χ0v) is 18.8. The third-order valence-corrected chi connectivity index (χ3v) is 9.63. The molecule has 0 radical (unpaired) electrons. The van der Waals surface area contributed by atoms with E-state index in [1.807, 2.05) is 43.5 Å². The molecule has 1 aromatic carbocycles. The Morgan fingerprint density at radius 3 is 2.46 bits per heavy atom. The SMILES string of the molecule is Cc1nc(-c2csc(S(=O)(=O)N3CCN(c4ccccc4Cl)CC3)c2)sc1C. The molecule has 3 aromatic rings. The van der Waals surface area contributed by atoms with Crippen molar-refractivity contribution in [3.05, 3.63) is 51.3 Å². The Kier molecular flexibility index (Phi) is 5.50. The van der Waals surface area contributed by atoms with Gasteiger partial charge in [-0.15, -0.1) is 22.7 Å². The molecule has 148 valence electrons. The summed E-state index contributed by atoms with van der Waals surface area (Å²) in [5.41, 5.74) is 2.82. The van der Waals surface area contributed by atoms with Crippen LogP contribution in [0, 0.1) is 13.8 Å². The van der Waals surface area contributed by atoms with Crippen molar-refractivity contribution in [2.24, 2.45) is 0 Å². The number of aryl methyl sites for hydroxylation is 2. The Morgan fingerprint density at radius 2 is 1.82 bits per heavy atom. The van der Waals surface area contributed by atoms with Gasteiger partial charge in [0.25, 0.3) is 10.0 Å². The van der Waals surface area contributed by atoms with Crippen molar-refractivity contribution >= 4 is 50.0 Å². The molecule has 3 heterocycles. The second-order valence-electron chi connectivity index (χ2n) is 6.66. The van der Waals surface area contributed by atoms with Crippen LogP contribution in [-0.2, 0) is 10.0 Å². The molecule has 0 atom stereocenters. The minimum Gasteiger partial charge on any atom is -0.368 e. The van der Waals surface area contributed by atoms with Gasteiger partial charge in [0.2, 0.25) is 0 Å². The zero-order valence-electron chi connectivity index (χ0n) is 15.6. The summed E-state index contributed by atoms with van der Waals surface area (Å²) < 4.78 is 28.1. The monoisotopic (exact) mass is 453 g/mol. The highest BCUT2D eigenvalue weighted by Crippen LogP contribution is 2.34. The van der Waals surface area contributed by atoms with Crippen molar-refractivity contribution < 1.29 is 8.42 Å².